The molecule has 0 aliphatic heterocycles. The Kier molecular flexibility index (Phi) is 6.11. The van der Waals surface area contributed by atoms with Crippen LogP contribution in [0.3, 0.4) is 0 Å². The molecule has 3 aromatic rings. The lowest BCUT2D eigenvalue weighted by Gasteiger charge is -2.21. The SMILES string of the molecule is Cc1nc2nc(C(F)(F)F)c([C@H](C)Oc3ccc(C(=O)OC(C)(C)C)cc3)cc2c(=O)n1C1CC1. The first-order chi connectivity index (χ1) is 16.2. The number of carbonyl (C=O) groups excluding carboxylic acids is 1. The van der Waals surface area contributed by atoms with Crippen LogP contribution in [-0.4, -0.2) is 26.1 Å². The van der Waals surface area contributed by atoms with Gasteiger partial charge in [0.05, 0.1) is 10.9 Å². The summed E-state index contributed by atoms with van der Waals surface area (Å²) in [6.45, 7) is 8.28. The van der Waals surface area contributed by atoms with Crippen LogP contribution in [0.15, 0.2) is 35.1 Å². The van der Waals surface area contributed by atoms with Gasteiger partial charge in [-0.25, -0.2) is 14.8 Å². The molecule has 4 rings (SSSR count). The maximum Gasteiger partial charge on any atom is 0.433 e. The number of alkyl halides is 3. The average molecular weight is 489 g/mol. The van der Waals surface area contributed by atoms with Crippen molar-refractivity contribution >= 4 is 17.0 Å². The van der Waals surface area contributed by atoms with Crippen molar-refractivity contribution in [3.63, 3.8) is 0 Å². The number of rotatable bonds is 5. The molecule has 1 fully saturated rings. The summed E-state index contributed by atoms with van der Waals surface area (Å²) in [7, 11) is 0. The van der Waals surface area contributed by atoms with Gasteiger partial charge < -0.3 is 9.47 Å². The van der Waals surface area contributed by atoms with Crippen molar-refractivity contribution in [3.8, 4) is 5.75 Å². The molecule has 7 nitrogen and oxygen atoms in total. The zero-order valence-electron chi connectivity index (χ0n) is 20.1. The molecule has 0 amide bonds. The molecule has 0 N–H and O–H groups in total. The number of hydrogen-bond acceptors (Lipinski definition) is 6. The molecule has 2 heterocycles. The van der Waals surface area contributed by atoms with Crippen LogP contribution in [0, 0.1) is 6.92 Å². The van der Waals surface area contributed by atoms with E-state index in [9.17, 15) is 22.8 Å². The van der Waals surface area contributed by atoms with E-state index in [0.29, 0.717) is 5.82 Å². The van der Waals surface area contributed by atoms with E-state index in [1.807, 2.05) is 0 Å². The van der Waals surface area contributed by atoms with E-state index in [1.54, 1.807) is 27.7 Å². The number of nitrogens with zero attached hydrogens (tertiary/aromatic N) is 3. The summed E-state index contributed by atoms with van der Waals surface area (Å²) in [4.78, 5) is 33.1. The lowest BCUT2D eigenvalue weighted by atomic mass is 10.1. The number of pyridine rings is 1. The number of carbonyl (C=O) groups is 1. The molecule has 0 radical (unpaired) electrons. The van der Waals surface area contributed by atoms with Gasteiger partial charge in [-0.2, -0.15) is 13.2 Å². The fourth-order valence-electron chi connectivity index (χ4n) is 3.82. The molecular formula is C25H26F3N3O4. The molecule has 1 saturated carbocycles. The van der Waals surface area contributed by atoms with Gasteiger partial charge in [0, 0.05) is 11.6 Å². The van der Waals surface area contributed by atoms with E-state index in [4.69, 9.17) is 9.47 Å². The molecule has 0 spiro atoms. The molecular weight excluding hydrogens is 463 g/mol. The van der Waals surface area contributed by atoms with E-state index < -0.39 is 35.1 Å². The second-order valence-corrected chi connectivity index (χ2v) is 9.65. The minimum absolute atomic E-state index is 0.0150. The number of aromatic nitrogens is 3. The molecule has 2 aromatic heterocycles. The quantitative estimate of drug-likeness (QED) is 0.437. The van der Waals surface area contributed by atoms with Crippen LogP contribution in [0.1, 0.15) is 80.1 Å². The number of benzene rings is 1. The molecule has 0 bridgehead atoms. The number of halogens is 3. The number of hydrogen-bond donors (Lipinski definition) is 0. The van der Waals surface area contributed by atoms with Crippen molar-refractivity contribution in [3.05, 3.63) is 63.3 Å². The van der Waals surface area contributed by atoms with Gasteiger partial charge in [0.15, 0.2) is 11.3 Å². The Morgan fingerprint density at radius 1 is 1.11 bits per heavy atom. The molecule has 35 heavy (non-hydrogen) atoms. The van der Waals surface area contributed by atoms with Crippen LogP contribution in [0.5, 0.6) is 5.75 Å². The van der Waals surface area contributed by atoms with Crippen LogP contribution in [-0.2, 0) is 10.9 Å². The zero-order chi connectivity index (χ0) is 25.7. The van der Waals surface area contributed by atoms with Crippen molar-refractivity contribution in [2.75, 3.05) is 0 Å². The highest BCUT2D eigenvalue weighted by molar-refractivity contribution is 5.89. The maximum absolute atomic E-state index is 13.9. The van der Waals surface area contributed by atoms with Gasteiger partial charge in [0.2, 0.25) is 0 Å². The van der Waals surface area contributed by atoms with Gasteiger partial charge in [-0.15, -0.1) is 0 Å². The summed E-state index contributed by atoms with van der Waals surface area (Å²) in [5.74, 6) is 0.0631. The summed E-state index contributed by atoms with van der Waals surface area (Å²) < 4.78 is 54.2. The average Bonchev–Trinajstić information content (AvgIpc) is 3.56. The monoisotopic (exact) mass is 489 g/mol. The second kappa shape index (κ2) is 8.66. The summed E-state index contributed by atoms with van der Waals surface area (Å²) in [5.41, 5.74) is -2.46. The lowest BCUT2D eigenvalue weighted by molar-refractivity contribution is -0.142. The van der Waals surface area contributed by atoms with Gasteiger partial charge in [0.25, 0.3) is 5.56 Å². The predicted molar refractivity (Wildman–Crippen MR) is 122 cm³/mol. The van der Waals surface area contributed by atoms with Crippen LogP contribution < -0.4 is 10.3 Å². The Morgan fingerprint density at radius 2 is 1.74 bits per heavy atom. The minimum Gasteiger partial charge on any atom is -0.486 e. The third kappa shape index (κ3) is 5.31. The Labute approximate surface area is 199 Å². The first-order valence-electron chi connectivity index (χ1n) is 11.3. The molecule has 0 saturated heterocycles. The Balaban J connectivity index is 1.68. The Bertz CT molecular complexity index is 1340. The summed E-state index contributed by atoms with van der Waals surface area (Å²) in [5, 5.41) is 0.0150. The van der Waals surface area contributed by atoms with Crippen molar-refractivity contribution < 1.29 is 27.4 Å². The van der Waals surface area contributed by atoms with Crippen molar-refractivity contribution in [2.24, 2.45) is 0 Å². The van der Waals surface area contributed by atoms with Crippen molar-refractivity contribution in [2.45, 2.75) is 71.4 Å². The predicted octanol–water partition coefficient (Wildman–Crippen LogP) is 5.55. The molecule has 1 atom stereocenters. The zero-order valence-corrected chi connectivity index (χ0v) is 20.1. The van der Waals surface area contributed by atoms with Crippen LogP contribution in [0.25, 0.3) is 11.0 Å². The molecule has 1 aromatic carbocycles. The topological polar surface area (TPSA) is 83.3 Å². The number of esters is 1. The highest BCUT2D eigenvalue weighted by Gasteiger charge is 2.38. The van der Waals surface area contributed by atoms with E-state index in [-0.39, 0.29) is 34.0 Å². The Hall–Kier alpha value is -3.43. The maximum atomic E-state index is 13.9. The standard InChI is InChI=1S/C25H26F3N3O4/c1-13(34-17-10-6-15(7-11-17)23(33)35-24(3,4)5)18-12-19-21(30-20(18)25(26,27)28)29-14(2)31(22(19)32)16-8-9-16/h6-7,10-13,16H,8-9H2,1-5H3/t13-/m0/s1. The molecule has 1 aliphatic carbocycles. The van der Waals surface area contributed by atoms with Gasteiger partial charge >= 0.3 is 12.1 Å². The van der Waals surface area contributed by atoms with Gasteiger partial charge in [-0.3, -0.25) is 9.36 Å². The van der Waals surface area contributed by atoms with Gasteiger partial charge in [-0.1, -0.05) is 0 Å². The van der Waals surface area contributed by atoms with E-state index in [1.165, 1.54) is 41.8 Å². The first-order valence-corrected chi connectivity index (χ1v) is 11.3. The molecule has 186 valence electrons. The third-order valence-corrected chi connectivity index (χ3v) is 5.52. The van der Waals surface area contributed by atoms with Crippen LogP contribution in [0.2, 0.25) is 0 Å². The van der Waals surface area contributed by atoms with Crippen molar-refractivity contribution in [1.29, 1.82) is 0 Å². The number of aryl methyl sites for hydroxylation is 1. The molecule has 10 heteroatoms. The lowest BCUT2D eigenvalue weighted by Crippen LogP contribution is -2.25. The van der Waals surface area contributed by atoms with Crippen molar-refractivity contribution in [1.82, 2.24) is 14.5 Å². The van der Waals surface area contributed by atoms with Gasteiger partial charge in [-0.05, 0) is 77.8 Å². The first kappa shape index (κ1) is 24.7. The second-order valence-electron chi connectivity index (χ2n) is 9.65. The molecule has 0 unspecified atom stereocenters. The van der Waals surface area contributed by atoms with Crippen LogP contribution in [0.4, 0.5) is 13.2 Å². The summed E-state index contributed by atoms with van der Waals surface area (Å²) in [6.07, 6.45) is -4.21. The fourth-order valence-corrected chi connectivity index (χ4v) is 3.82. The number of ether oxygens (including phenoxy) is 2. The fraction of sp³-hybridized carbons (Fsp3) is 0.440. The third-order valence-electron chi connectivity index (χ3n) is 5.52. The molecule has 1 aliphatic rings. The summed E-state index contributed by atoms with van der Waals surface area (Å²) >= 11 is 0. The normalized spacial score (nSPS) is 15.2. The van der Waals surface area contributed by atoms with E-state index in [0.717, 1.165) is 12.8 Å². The summed E-state index contributed by atoms with van der Waals surface area (Å²) in [6, 6.07) is 7.09. The van der Waals surface area contributed by atoms with Gasteiger partial charge in [0.1, 0.15) is 23.3 Å². The van der Waals surface area contributed by atoms with Crippen LogP contribution >= 0.6 is 0 Å². The number of fused-ring (bicyclic) bond motifs is 1. The highest BCUT2D eigenvalue weighted by atomic mass is 19.4. The van der Waals surface area contributed by atoms with E-state index in [2.05, 4.69) is 9.97 Å². The highest BCUT2D eigenvalue weighted by Crippen LogP contribution is 2.37. The largest absolute Gasteiger partial charge is 0.486 e. The van der Waals surface area contributed by atoms with E-state index >= 15 is 0 Å². The Morgan fingerprint density at radius 3 is 2.29 bits per heavy atom. The minimum atomic E-state index is -4.78. The smallest absolute Gasteiger partial charge is 0.433 e.